The van der Waals surface area contributed by atoms with Crippen LogP contribution in [0.4, 0.5) is 5.95 Å². The third-order valence-corrected chi connectivity index (χ3v) is 2.65. The zero-order chi connectivity index (χ0) is 11.4. The molecule has 1 saturated heterocycles. The lowest BCUT2D eigenvalue weighted by Crippen LogP contribution is -2.43. The number of ether oxygens (including phenoxy) is 1. The summed E-state index contributed by atoms with van der Waals surface area (Å²) in [4.78, 5) is 10.7. The number of anilines is 1. The quantitative estimate of drug-likeness (QED) is 0.819. The second-order valence-electron chi connectivity index (χ2n) is 3.98. The van der Waals surface area contributed by atoms with Gasteiger partial charge in [-0.2, -0.15) is 4.98 Å². The van der Waals surface area contributed by atoms with Crippen molar-refractivity contribution in [1.82, 2.24) is 9.97 Å². The molecule has 0 aliphatic carbocycles. The molecule has 1 aromatic rings. The van der Waals surface area contributed by atoms with Gasteiger partial charge in [-0.3, -0.25) is 0 Å². The van der Waals surface area contributed by atoms with Gasteiger partial charge < -0.3 is 15.4 Å². The van der Waals surface area contributed by atoms with Crippen molar-refractivity contribution in [2.45, 2.75) is 25.8 Å². The minimum absolute atomic E-state index is 0.230. The summed E-state index contributed by atoms with van der Waals surface area (Å²) in [7, 11) is 0. The molecule has 1 aromatic heterocycles. The van der Waals surface area contributed by atoms with E-state index in [1.54, 1.807) is 12.3 Å². The van der Waals surface area contributed by atoms with Gasteiger partial charge in [-0.05, 0) is 19.8 Å². The molecule has 1 fully saturated rings. The van der Waals surface area contributed by atoms with Crippen molar-refractivity contribution in [3.05, 3.63) is 12.3 Å². The maximum absolute atomic E-state index is 5.93. The van der Waals surface area contributed by atoms with E-state index in [0.29, 0.717) is 12.5 Å². The van der Waals surface area contributed by atoms with E-state index in [1.165, 1.54) is 0 Å². The number of nitrogens with two attached hydrogens (primary N) is 1. The lowest BCUT2D eigenvalue weighted by molar-refractivity contribution is 0.326. The summed E-state index contributed by atoms with van der Waals surface area (Å²) in [6, 6.07) is 2.00. The summed E-state index contributed by atoms with van der Waals surface area (Å²) in [6.07, 6.45) is 3.92. The Morgan fingerprint density at radius 2 is 2.50 bits per heavy atom. The van der Waals surface area contributed by atoms with Crippen molar-refractivity contribution in [1.29, 1.82) is 0 Å². The van der Waals surface area contributed by atoms with Crippen LogP contribution in [0.25, 0.3) is 0 Å². The van der Waals surface area contributed by atoms with Crippen molar-refractivity contribution in [3.63, 3.8) is 0 Å². The van der Waals surface area contributed by atoms with Crippen LogP contribution < -0.4 is 15.4 Å². The highest BCUT2D eigenvalue weighted by atomic mass is 16.5. The molecule has 1 aliphatic rings. The average Bonchev–Trinajstić information content (AvgIpc) is 2.30. The van der Waals surface area contributed by atoms with E-state index in [1.807, 2.05) is 6.92 Å². The van der Waals surface area contributed by atoms with E-state index < -0.39 is 0 Å². The monoisotopic (exact) mass is 222 g/mol. The van der Waals surface area contributed by atoms with Crippen molar-refractivity contribution in [2.75, 3.05) is 24.6 Å². The SMILES string of the molecule is CCOc1ccnc(N2CCCC(N)C2)n1. The molecule has 1 aliphatic heterocycles. The summed E-state index contributed by atoms with van der Waals surface area (Å²) >= 11 is 0. The number of rotatable bonds is 3. The topological polar surface area (TPSA) is 64.3 Å². The molecule has 16 heavy (non-hydrogen) atoms. The minimum atomic E-state index is 0.230. The van der Waals surface area contributed by atoms with Crippen LogP contribution in [0, 0.1) is 0 Å². The fourth-order valence-electron chi connectivity index (χ4n) is 1.90. The van der Waals surface area contributed by atoms with Gasteiger partial charge >= 0.3 is 0 Å². The zero-order valence-electron chi connectivity index (χ0n) is 9.59. The summed E-state index contributed by atoms with van der Waals surface area (Å²) in [5.41, 5.74) is 5.93. The van der Waals surface area contributed by atoms with Gasteiger partial charge in [0.05, 0.1) is 6.61 Å². The highest BCUT2D eigenvalue weighted by Gasteiger charge is 2.19. The first-order valence-electron chi connectivity index (χ1n) is 5.76. The molecular weight excluding hydrogens is 204 g/mol. The molecule has 0 bridgehead atoms. The first-order valence-corrected chi connectivity index (χ1v) is 5.76. The largest absolute Gasteiger partial charge is 0.478 e. The third-order valence-electron chi connectivity index (χ3n) is 2.65. The molecule has 88 valence electrons. The van der Waals surface area contributed by atoms with E-state index in [-0.39, 0.29) is 6.04 Å². The highest BCUT2D eigenvalue weighted by Crippen LogP contribution is 2.17. The van der Waals surface area contributed by atoms with Crippen LogP contribution in [0.2, 0.25) is 0 Å². The maximum atomic E-state index is 5.93. The molecule has 0 aromatic carbocycles. The molecule has 2 rings (SSSR count). The van der Waals surface area contributed by atoms with Gasteiger partial charge in [0.25, 0.3) is 0 Å². The predicted molar refractivity (Wildman–Crippen MR) is 62.6 cm³/mol. The molecule has 5 heteroatoms. The number of nitrogens with zero attached hydrogens (tertiary/aromatic N) is 3. The van der Waals surface area contributed by atoms with Gasteiger partial charge in [0, 0.05) is 31.4 Å². The molecular formula is C11H18N4O. The van der Waals surface area contributed by atoms with E-state index in [4.69, 9.17) is 10.5 Å². The van der Waals surface area contributed by atoms with Gasteiger partial charge in [0.15, 0.2) is 0 Å². The molecule has 1 atom stereocenters. The second-order valence-corrected chi connectivity index (χ2v) is 3.98. The predicted octanol–water partition coefficient (Wildman–Crippen LogP) is 0.803. The van der Waals surface area contributed by atoms with E-state index >= 15 is 0 Å². The Labute approximate surface area is 95.6 Å². The van der Waals surface area contributed by atoms with Crippen molar-refractivity contribution >= 4 is 5.95 Å². The Hall–Kier alpha value is -1.36. The van der Waals surface area contributed by atoms with Crippen LogP contribution in [0.3, 0.4) is 0 Å². The Balaban J connectivity index is 2.09. The molecule has 1 unspecified atom stereocenters. The highest BCUT2D eigenvalue weighted by molar-refractivity contribution is 5.32. The molecule has 0 spiro atoms. The zero-order valence-corrected chi connectivity index (χ0v) is 9.59. The van der Waals surface area contributed by atoms with Crippen LogP contribution in [0.5, 0.6) is 5.88 Å². The third kappa shape index (κ3) is 2.61. The minimum Gasteiger partial charge on any atom is -0.478 e. The first kappa shape index (κ1) is 11.1. The van der Waals surface area contributed by atoms with Gasteiger partial charge in [-0.15, -0.1) is 0 Å². The summed E-state index contributed by atoms with van der Waals surface area (Å²) in [5.74, 6) is 1.35. The van der Waals surface area contributed by atoms with Gasteiger partial charge in [-0.25, -0.2) is 4.98 Å². The molecule has 5 nitrogen and oxygen atoms in total. The fraction of sp³-hybridized carbons (Fsp3) is 0.636. The van der Waals surface area contributed by atoms with E-state index in [9.17, 15) is 0 Å². The number of piperidine rings is 1. The molecule has 2 heterocycles. The standard InChI is InChI=1S/C11H18N4O/c1-2-16-10-5-6-13-11(14-10)15-7-3-4-9(12)8-15/h5-6,9H,2-4,7-8,12H2,1H3. The van der Waals surface area contributed by atoms with Crippen LogP contribution in [0.1, 0.15) is 19.8 Å². The molecule has 0 amide bonds. The lowest BCUT2D eigenvalue weighted by Gasteiger charge is -2.30. The first-order chi connectivity index (χ1) is 7.79. The van der Waals surface area contributed by atoms with Crippen LogP contribution >= 0.6 is 0 Å². The van der Waals surface area contributed by atoms with Crippen LogP contribution in [0.15, 0.2) is 12.3 Å². The fourth-order valence-corrected chi connectivity index (χ4v) is 1.90. The van der Waals surface area contributed by atoms with Crippen molar-refractivity contribution < 1.29 is 4.74 Å². The van der Waals surface area contributed by atoms with Crippen LogP contribution in [-0.4, -0.2) is 35.7 Å². The maximum Gasteiger partial charge on any atom is 0.228 e. The van der Waals surface area contributed by atoms with Gasteiger partial charge in [0.1, 0.15) is 0 Å². The number of aromatic nitrogens is 2. The normalized spacial score (nSPS) is 20.9. The number of hydrogen-bond donors (Lipinski definition) is 1. The van der Waals surface area contributed by atoms with E-state index in [0.717, 1.165) is 31.9 Å². The molecule has 2 N–H and O–H groups in total. The summed E-state index contributed by atoms with van der Waals surface area (Å²) < 4.78 is 5.36. The number of hydrogen-bond acceptors (Lipinski definition) is 5. The van der Waals surface area contributed by atoms with Crippen LogP contribution in [-0.2, 0) is 0 Å². The summed E-state index contributed by atoms with van der Waals surface area (Å²) in [5, 5.41) is 0. The Morgan fingerprint density at radius 3 is 3.25 bits per heavy atom. The Bertz CT molecular complexity index is 345. The Morgan fingerprint density at radius 1 is 1.62 bits per heavy atom. The van der Waals surface area contributed by atoms with Crippen molar-refractivity contribution in [2.24, 2.45) is 5.73 Å². The van der Waals surface area contributed by atoms with E-state index in [2.05, 4.69) is 14.9 Å². The van der Waals surface area contributed by atoms with Gasteiger partial charge in [-0.1, -0.05) is 0 Å². The average molecular weight is 222 g/mol. The second kappa shape index (κ2) is 5.12. The van der Waals surface area contributed by atoms with Crippen molar-refractivity contribution in [3.8, 4) is 5.88 Å². The molecule has 0 radical (unpaired) electrons. The Kier molecular flexibility index (Phi) is 3.56. The van der Waals surface area contributed by atoms with Gasteiger partial charge in [0.2, 0.25) is 11.8 Å². The lowest BCUT2D eigenvalue weighted by atomic mass is 10.1. The smallest absolute Gasteiger partial charge is 0.228 e. The molecule has 0 saturated carbocycles. The summed E-state index contributed by atoms with van der Waals surface area (Å²) in [6.45, 7) is 4.37.